The van der Waals surface area contributed by atoms with E-state index in [1.165, 1.54) is 5.56 Å². The summed E-state index contributed by atoms with van der Waals surface area (Å²) in [6.07, 6.45) is 3.70. The Hall–Kier alpha value is -0.900. The molecule has 2 atom stereocenters. The van der Waals surface area contributed by atoms with E-state index in [-0.39, 0.29) is 11.6 Å². The Bertz CT molecular complexity index is 389. The van der Waals surface area contributed by atoms with E-state index in [0.29, 0.717) is 12.6 Å². The summed E-state index contributed by atoms with van der Waals surface area (Å²) in [5.74, 6) is 0. The van der Waals surface area contributed by atoms with Gasteiger partial charge >= 0.3 is 0 Å². The van der Waals surface area contributed by atoms with Crippen LogP contribution in [0.1, 0.15) is 45.1 Å². The number of rotatable bonds is 7. The molecule has 0 bridgehead atoms. The van der Waals surface area contributed by atoms with Gasteiger partial charge in [-0.05, 0) is 31.2 Å². The average molecular weight is 277 g/mol. The Morgan fingerprint density at radius 3 is 2.55 bits per heavy atom. The largest absolute Gasteiger partial charge is 0.378 e. The molecule has 1 aliphatic rings. The Morgan fingerprint density at radius 1 is 1.25 bits per heavy atom. The lowest BCUT2D eigenvalue weighted by molar-refractivity contribution is 0.0310. The van der Waals surface area contributed by atoms with Gasteiger partial charge in [-0.1, -0.05) is 44.2 Å². The van der Waals surface area contributed by atoms with Crippen molar-refractivity contribution in [2.24, 2.45) is 5.41 Å². The first-order chi connectivity index (χ1) is 9.70. The smallest absolute Gasteiger partial charge is 0.110 e. The van der Waals surface area contributed by atoms with Crippen LogP contribution in [0.15, 0.2) is 30.3 Å². The molecule has 0 spiro atoms. The maximum absolute atomic E-state index is 10.2. The van der Waals surface area contributed by atoms with Crippen molar-refractivity contribution >= 4 is 0 Å². The van der Waals surface area contributed by atoms with Crippen molar-refractivity contribution in [2.45, 2.75) is 58.4 Å². The molecular formula is C17H27NO2. The molecule has 1 fully saturated rings. The van der Waals surface area contributed by atoms with Gasteiger partial charge in [-0.2, -0.15) is 0 Å². The molecule has 3 heteroatoms. The van der Waals surface area contributed by atoms with E-state index in [1.54, 1.807) is 0 Å². The zero-order valence-electron chi connectivity index (χ0n) is 12.6. The summed E-state index contributed by atoms with van der Waals surface area (Å²) in [6.45, 7) is 5.75. The SMILES string of the molecule is CCC1(CC)C[C@@H](CCOCc2ccccc2)NC1O. The highest BCUT2D eigenvalue weighted by atomic mass is 16.5. The molecular weight excluding hydrogens is 250 g/mol. The number of aliphatic hydroxyl groups is 1. The van der Waals surface area contributed by atoms with Crippen LogP contribution in [0, 0.1) is 5.41 Å². The van der Waals surface area contributed by atoms with Gasteiger partial charge in [-0.3, -0.25) is 5.32 Å². The number of benzene rings is 1. The van der Waals surface area contributed by atoms with Crippen LogP contribution in [0.4, 0.5) is 0 Å². The third-order valence-corrected chi connectivity index (χ3v) is 4.76. The van der Waals surface area contributed by atoms with Gasteiger partial charge in [0.25, 0.3) is 0 Å². The molecule has 3 nitrogen and oxygen atoms in total. The summed E-state index contributed by atoms with van der Waals surface area (Å²) in [5, 5.41) is 13.5. The Labute approximate surface area is 122 Å². The number of nitrogens with one attached hydrogen (secondary N) is 1. The van der Waals surface area contributed by atoms with Crippen LogP contribution in [-0.2, 0) is 11.3 Å². The van der Waals surface area contributed by atoms with Crippen molar-refractivity contribution < 1.29 is 9.84 Å². The predicted octanol–water partition coefficient (Wildman–Crippen LogP) is 3.08. The quantitative estimate of drug-likeness (QED) is 0.753. The first-order valence-electron chi connectivity index (χ1n) is 7.76. The third-order valence-electron chi connectivity index (χ3n) is 4.76. The molecule has 1 saturated heterocycles. The molecule has 1 aromatic carbocycles. The van der Waals surface area contributed by atoms with Gasteiger partial charge in [0.15, 0.2) is 0 Å². The van der Waals surface area contributed by atoms with Gasteiger partial charge in [-0.15, -0.1) is 0 Å². The van der Waals surface area contributed by atoms with Crippen molar-refractivity contribution in [2.75, 3.05) is 6.61 Å². The van der Waals surface area contributed by atoms with Crippen molar-refractivity contribution in [3.63, 3.8) is 0 Å². The second-order valence-electron chi connectivity index (χ2n) is 5.87. The lowest BCUT2D eigenvalue weighted by Crippen LogP contribution is -2.37. The molecule has 1 heterocycles. The number of hydrogen-bond donors (Lipinski definition) is 2. The van der Waals surface area contributed by atoms with Crippen LogP contribution < -0.4 is 5.32 Å². The van der Waals surface area contributed by atoms with E-state index in [0.717, 1.165) is 32.3 Å². The first kappa shape index (κ1) is 15.5. The Balaban J connectivity index is 1.71. The molecule has 2 N–H and O–H groups in total. The average Bonchev–Trinajstić information content (AvgIpc) is 2.81. The fourth-order valence-corrected chi connectivity index (χ4v) is 3.16. The van der Waals surface area contributed by atoms with E-state index in [4.69, 9.17) is 4.74 Å². The standard InChI is InChI=1S/C17H27NO2/c1-3-17(4-2)12-15(18-16(17)19)10-11-20-13-14-8-6-5-7-9-14/h5-9,15-16,18-19H,3-4,10-13H2,1-2H3/t15-,16?/m1/s1. The minimum absolute atomic E-state index is 0.0596. The van der Waals surface area contributed by atoms with Gasteiger partial charge in [0.1, 0.15) is 6.23 Å². The normalized spacial score (nSPS) is 24.9. The molecule has 1 aliphatic heterocycles. The van der Waals surface area contributed by atoms with Crippen molar-refractivity contribution in [3.8, 4) is 0 Å². The van der Waals surface area contributed by atoms with Crippen molar-refractivity contribution in [3.05, 3.63) is 35.9 Å². The summed E-state index contributed by atoms with van der Waals surface area (Å²) < 4.78 is 5.73. The fourth-order valence-electron chi connectivity index (χ4n) is 3.16. The molecule has 0 radical (unpaired) electrons. The van der Waals surface area contributed by atoms with Crippen LogP contribution in [0.25, 0.3) is 0 Å². The monoisotopic (exact) mass is 277 g/mol. The summed E-state index contributed by atoms with van der Waals surface area (Å²) >= 11 is 0. The number of ether oxygens (including phenoxy) is 1. The maximum atomic E-state index is 10.2. The topological polar surface area (TPSA) is 41.5 Å². The molecule has 20 heavy (non-hydrogen) atoms. The summed E-state index contributed by atoms with van der Waals surface area (Å²) in [7, 11) is 0. The molecule has 0 aliphatic carbocycles. The minimum Gasteiger partial charge on any atom is -0.378 e. The van der Waals surface area contributed by atoms with Crippen LogP contribution >= 0.6 is 0 Å². The predicted molar refractivity (Wildman–Crippen MR) is 81.3 cm³/mol. The van der Waals surface area contributed by atoms with Crippen LogP contribution in [-0.4, -0.2) is 24.0 Å². The van der Waals surface area contributed by atoms with Crippen LogP contribution in [0.3, 0.4) is 0 Å². The summed E-state index contributed by atoms with van der Waals surface area (Å²) in [4.78, 5) is 0. The summed E-state index contributed by atoms with van der Waals surface area (Å²) in [5.41, 5.74) is 1.27. The second-order valence-corrected chi connectivity index (χ2v) is 5.87. The molecule has 2 rings (SSSR count). The lowest BCUT2D eigenvalue weighted by Gasteiger charge is -2.29. The minimum atomic E-state index is -0.364. The van der Waals surface area contributed by atoms with Gasteiger partial charge in [0, 0.05) is 18.1 Å². The van der Waals surface area contributed by atoms with E-state index in [9.17, 15) is 5.11 Å². The van der Waals surface area contributed by atoms with Crippen LogP contribution in [0.2, 0.25) is 0 Å². The van der Waals surface area contributed by atoms with E-state index < -0.39 is 0 Å². The fraction of sp³-hybridized carbons (Fsp3) is 0.647. The Kier molecular flexibility index (Phi) is 5.58. The van der Waals surface area contributed by atoms with Gasteiger partial charge in [0.2, 0.25) is 0 Å². The highest BCUT2D eigenvalue weighted by molar-refractivity contribution is 5.13. The molecule has 1 unspecified atom stereocenters. The van der Waals surface area contributed by atoms with E-state index in [2.05, 4.69) is 31.3 Å². The zero-order valence-corrected chi connectivity index (χ0v) is 12.6. The molecule has 112 valence electrons. The summed E-state index contributed by atoms with van der Waals surface area (Å²) in [6, 6.07) is 10.6. The molecule has 0 saturated carbocycles. The lowest BCUT2D eigenvalue weighted by atomic mass is 9.78. The zero-order chi connectivity index (χ0) is 14.4. The van der Waals surface area contributed by atoms with Crippen molar-refractivity contribution in [1.29, 1.82) is 0 Å². The highest BCUT2D eigenvalue weighted by Crippen LogP contribution is 2.40. The Morgan fingerprint density at radius 2 is 1.95 bits per heavy atom. The first-order valence-corrected chi connectivity index (χ1v) is 7.76. The van der Waals surface area contributed by atoms with Gasteiger partial charge in [-0.25, -0.2) is 0 Å². The van der Waals surface area contributed by atoms with Crippen molar-refractivity contribution in [1.82, 2.24) is 5.32 Å². The molecule has 0 aromatic heterocycles. The third kappa shape index (κ3) is 3.60. The highest BCUT2D eigenvalue weighted by Gasteiger charge is 2.43. The van der Waals surface area contributed by atoms with E-state index in [1.807, 2.05) is 18.2 Å². The van der Waals surface area contributed by atoms with Gasteiger partial charge < -0.3 is 9.84 Å². The van der Waals surface area contributed by atoms with Crippen LogP contribution in [0.5, 0.6) is 0 Å². The maximum Gasteiger partial charge on any atom is 0.110 e. The molecule has 0 amide bonds. The second kappa shape index (κ2) is 7.21. The number of hydrogen-bond acceptors (Lipinski definition) is 3. The molecule has 1 aromatic rings. The van der Waals surface area contributed by atoms with Gasteiger partial charge in [0.05, 0.1) is 6.61 Å². The van der Waals surface area contributed by atoms with E-state index >= 15 is 0 Å². The number of aliphatic hydroxyl groups excluding tert-OH is 1.